The maximum absolute atomic E-state index is 13.4. The van der Waals surface area contributed by atoms with Crippen LogP contribution < -0.4 is 10.6 Å². The molecule has 0 spiro atoms. The van der Waals surface area contributed by atoms with Crippen molar-refractivity contribution in [2.75, 3.05) is 7.05 Å². The van der Waals surface area contributed by atoms with E-state index in [-0.39, 0.29) is 23.6 Å². The molecule has 8 heteroatoms. The second-order valence-corrected chi connectivity index (χ2v) is 9.12. The fourth-order valence-corrected chi connectivity index (χ4v) is 3.04. The number of carbonyl (C=O) groups is 3. The lowest BCUT2D eigenvalue weighted by Crippen LogP contribution is -2.54. The van der Waals surface area contributed by atoms with Gasteiger partial charge in [-0.3, -0.25) is 9.59 Å². The number of rotatable bonds is 8. The highest BCUT2D eigenvalue weighted by atomic mass is 16.6. The first kappa shape index (κ1) is 26.3. The van der Waals surface area contributed by atoms with Gasteiger partial charge in [0.1, 0.15) is 23.4 Å². The molecule has 31 heavy (non-hydrogen) atoms. The van der Waals surface area contributed by atoms with Crippen LogP contribution in [0.15, 0.2) is 24.3 Å². The molecule has 0 aliphatic rings. The zero-order valence-electron chi connectivity index (χ0n) is 19.9. The lowest BCUT2D eigenvalue weighted by Gasteiger charge is -2.34. The zero-order valence-corrected chi connectivity index (χ0v) is 19.9. The van der Waals surface area contributed by atoms with E-state index in [1.54, 1.807) is 32.9 Å². The summed E-state index contributed by atoms with van der Waals surface area (Å²) in [6.07, 6.45) is -0.0466. The third-order valence-corrected chi connectivity index (χ3v) is 4.77. The van der Waals surface area contributed by atoms with Gasteiger partial charge in [0.2, 0.25) is 11.8 Å². The molecule has 0 heterocycles. The van der Waals surface area contributed by atoms with Gasteiger partial charge in [0, 0.05) is 13.1 Å². The summed E-state index contributed by atoms with van der Waals surface area (Å²) >= 11 is 0. The maximum Gasteiger partial charge on any atom is 0.408 e. The Morgan fingerprint density at radius 1 is 1.06 bits per heavy atom. The van der Waals surface area contributed by atoms with Gasteiger partial charge in [-0.2, -0.15) is 0 Å². The summed E-state index contributed by atoms with van der Waals surface area (Å²) in [7, 11) is 1.53. The Morgan fingerprint density at radius 2 is 1.61 bits per heavy atom. The van der Waals surface area contributed by atoms with Gasteiger partial charge >= 0.3 is 6.09 Å². The Kier molecular flexibility index (Phi) is 9.34. The number of hydrogen-bond acceptors (Lipinski definition) is 5. The highest BCUT2D eigenvalue weighted by molar-refractivity contribution is 5.92. The molecule has 174 valence electrons. The van der Waals surface area contributed by atoms with Crippen LogP contribution in [0.2, 0.25) is 0 Å². The molecule has 3 unspecified atom stereocenters. The fourth-order valence-electron chi connectivity index (χ4n) is 3.04. The molecule has 1 rings (SSSR count). The van der Waals surface area contributed by atoms with Crippen molar-refractivity contribution in [1.29, 1.82) is 0 Å². The molecule has 0 radical (unpaired) electrons. The molecule has 3 atom stereocenters. The van der Waals surface area contributed by atoms with Crippen LogP contribution in [0.4, 0.5) is 4.79 Å². The molecule has 0 saturated carbocycles. The normalized spacial score (nSPS) is 14.4. The minimum atomic E-state index is -0.928. The predicted octanol–water partition coefficient (Wildman–Crippen LogP) is 3.36. The topological polar surface area (TPSA) is 108 Å². The number of alkyl carbamates (subject to hydrolysis) is 1. The molecular weight excluding hydrogens is 398 g/mol. The Labute approximate surface area is 185 Å². The molecular formula is C23H37N3O5. The lowest BCUT2D eigenvalue weighted by molar-refractivity contribution is -0.142. The van der Waals surface area contributed by atoms with E-state index in [9.17, 15) is 19.5 Å². The van der Waals surface area contributed by atoms with Crippen molar-refractivity contribution in [3.63, 3.8) is 0 Å². The number of amides is 3. The molecule has 3 N–H and O–H groups in total. The van der Waals surface area contributed by atoms with Crippen LogP contribution in [0, 0.1) is 5.92 Å². The van der Waals surface area contributed by atoms with E-state index in [1.165, 1.54) is 24.1 Å². The van der Waals surface area contributed by atoms with E-state index >= 15 is 0 Å². The quantitative estimate of drug-likeness (QED) is 0.580. The zero-order chi connectivity index (χ0) is 23.9. The fraction of sp³-hybridized carbons (Fsp3) is 0.609. The van der Waals surface area contributed by atoms with E-state index in [0.717, 1.165) is 0 Å². The molecule has 0 aliphatic heterocycles. The minimum Gasteiger partial charge on any atom is -0.508 e. The summed E-state index contributed by atoms with van der Waals surface area (Å²) in [4.78, 5) is 40.1. The van der Waals surface area contributed by atoms with Crippen LogP contribution in [-0.4, -0.2) is 52.6 Å². The molecule has 1 aromatic rings. The van der Waals surface area contributed by atoms with Gasteiger partial charge < -0.3 is 25.4 Å². The van der Waals surface area contributed by atoms with Gasteiger partial charge in [0.25, 0.3) is 0 Å². The monoisotopic (exact) mass is 435 g/mol. The summed E-state index contributed by atoms with van der Waals surface area (Å²) in [6.45, 7) is 12.7. The van der Waals surface area contributed by atoms with E-state index in [1.807, 2.05) is 27.7 Å². The third-order valence-electron chi connectivity index (χ3n) is 4.77. The number of nitrogens with one attached hydrogen (secondary N) is 2. The molecule has 0 fully saturated rings. The standard InChI is InChI=1S/C23H37N3O5/c1-9-15(4)18(25-22(30)31-23(5,6)7)21(29)26(8)19(20(28)24-14(2)3)16-10-12-17(27)13-11-16/h10-15,18-19,27H,9H2,1-8H3,(H,24,28)(H,25,30). The molecule has 3 amide bonds. The molecule has 0 bridgehead atoms. The largest absolute Gasteiger partial charge is 0.508 e. The average molecular weight is 436 g/mol. The predicted molar refractivity (Wildman–Crippen MR) is 120 cm³/mol. The number of ether oxygens (including phenoxy) is 1. The smallest absolute Gasteiger partial charge is 0.408 e. The Morgan fingerprint density at radius 3 is 2.06 bits per heavy atom. The first-order valence-electron chi connectivity index (χ1n) is 10.6. The van der Waals surface area contributed by atoms with E-state index in [0.29, 0.717) is 12.0 Å². The van der Waals surface area contributed by atoms with Crippen molar-refractivity contribution < 1.29 is 24.2 Å². The number of hydrogen-bond donors (Lipinski definition) is 3. The number of carbonyl (C=O) groups excluding carboxylic acids is 3. The van der Waals surface area contributed by atoms with Crippen LogP contribution in [-0.2, 0) is 14.3 Å². The van der Waals surface area contributed by atoms with Crippen LogP contribution in [0.1, 0.15) is 66.5 Å². The van der Waals surface area contributed by atoms with Crippen molar-refractivity contribution in [3.8, 4) is 5.75 Å². The van der Waals surface area contributed by atoms with Crippen molar-refractivity contribution in [2.24, 2.45) is 5.92 Å². The van der Waals surface area contributed by atoms with Crippen molar-refractivity contribution in [3.05, 3.63) is 29.8 Å². The van der Waals surface area contributed by atoms with Gasteiger partial charge in [-0.15, -0.1) is 0 Å². The van der Waals surface area contributed by atoms with Gasteiger partial charge in [-0.1, -0.05) is 32.4 Å². The first-order chi connectivity index (χ1) is 14.3. The van der Waals surface area contributed by atoms with Crippen LogP contribution in [0.5, 0.6) is 5.75 Å². The molecule has 0 saturated heterocycles. The molecule has 0 aliphatic carbocycles. The SMILES string of the molecule is CCC(C)C(NC(=O)OC(C)(C)C)C(=O)N(C)C(C(=O)NC(C)C)c1ccc(O)cc1. The van der Waals surface area contributed by atoms with E-state index < -0.39 is 29.7 Å². The third kappa shape index (κ3) is 8.11. The number of benzene rings is 1. The average Bonchev–Trinajstić information content (AvgIpc) is 2.64. The highest BCUT2D eigenvalue weighted by Gasteiger charge is 2.36. The van der Waals surface area contributed by atoms with Crippen molar-refractivity contribution >= 4 is 17.9 Å². The van der Waals surface area contributed by atoms with Gasteiger partial charge in [0.15, 0.2) is 0 Å². The van der Waals surface area contributed by atoms with Crippen molar-refractivity contribution in [2.45, 2.75) is 78.6 Å². The van der Waals surface area contributed by atoms with Crippen LogP contribution >= 0.6 is 0 Å². The van der Waals surface area contributed by atoms with E-state index in [4.69, 9.17) is 4.74 Å². The highest BCUT2D eigenvalue weighted by Crippen LogP contribution is 2.25. The molecule has 0 aromatic heterocycles. The number of likely N-dealkylation sites (N-methyl/N-ethyl adjacent to an activating group) is 1. The molecule has 1 aromatic carbocycles. The van der Waals surface area contributed by atoms with Gasteiger partial charge in [-0.25, -0.2) is 4.79 Å². The Hall–Kier alpha value is -2.77. The summed E-state index contributed by atoms with van der Waals surface area (Å²) in [6, 6.07) is 4.22. The second kappa shape index (κ2) is 11.0. The van der Waals surface area contributed by atoms with Gasteiger partial charge in [-0.05, 0) is 58.2 Å². The van der Waals surface area contributed by atoms with Crippen LogP contribution in [0.25, 0.3) is 0 Å². The lowest BCUT2D eigenvalue weighted by atomic mass is 9.96. The molecule has 8 nitrogen and oxygen atoms in total. The number of nitrogens with zero attached hydrogens (tertiary/aromatic N) is 1. The number of phenols is 1. The summed E-state index contributed by atoms with van der Waals surface area (Å²) in [5.74, 6) is -0.880. The van der Waals surface area contributed by atoms with Crippen molar-refractivity contribution in [1.82, 2.24) is 15.5 Å². The second-order valence-electron chi connectivity index (χ2n) is 9.12. The number of phenolic OH excluding ortho intramolecular Hbond substituents is 1. The maximum atomic E-state index is 13.4. The Bertz CT molecular complexity index is 755. The summed E-state index contributed by atoms with van der Waals surface area (Å²) < 4.78 is 5.32. The minimum absolute atomic E-state index is 0.0600. The summed E-state index contributed by atoms with van der Waals surface area (Å²) in [5, 5.41) is 15.1. The Balaban J connectivity index is 3.24. The first-order valence-corrected chi connectivity index (χ1v) is 10.6. The number of aromatic hydroxyl groups is 1. The van der Waals surface area contributed by atoms with E-state index in [2.05, 4.69) is 10.6 Å². The van der Waals surface area contributed by atoms with Gasteiger partial charge in [0.05, 0.1) is 0 Å². The van der Waals surface area contributed by atoms with Crippen LogP contribution in [0.3, 0.4) is 0 Å². The summed E-state index contributed by atoms with van der Waals surface area (Å²) in [5.41, 5.74) is -0.155.